The van der Waals surface area contributed by atoms with Crippen LogP contribution in [0.3, 0.4) is 0 Å². The van der Waals surface area contributed by atoms with Crippen LogP contribution in [-0.2, 0) is 4.79 Å². The third kappa shape index (κ3) is 3.35. The van der Waals surface area contributed by atoms with E-state index in [1.165, 1.54) is 9.80 Å². The number of aliphatic hydroxyl groups excluding tert-OH is 1. The summed E-state index contributed by atoms with van der Waals surface area (Å²) in [5, 5.41) is 18.0. The average molecular weight is 258 g/mol. The average Bonchev–Trinajstić information content (AvgIpc) is 2.34. The molecule has 6 heteroatoms. The van der Waals surface area contributed by atoms with E-state index in [1.807, 2.05) is 6.92 Å². The van der Waals surface area contributed by atoms with E-state index in [1.54, 1.807) is 7.05 Å². The number of carboxylic acid groups (broad SMARTS) is 1. The van der Waals surface area contributed by atoms with Crippen molar-refractivity contribution in [3.63, 3.8) is 0 Å². The van der Waals surface area contributed by atoms with Gasteiger partial charge in [-0.15, -0.1) is 0 Å². The molecule has 1 saturated heterocycles. The Balaban J connectivity index is 2.71. The molecule has 1 aliphatic rings. The first kappa shape index (κ1) is 14.8. The molecule has 0 aliphatic carbocycles. The zero-order valence-corrected chi connectivity index (χ0v) is 11.0. The van der Waals surface area contributed by atoms with Crippen molar-refractivity contribution in [2.45, 2.75) is 32.2 Å². The first-order valence-electron chi connectivity index (χ1n) is 6.34. The Labute approximate surface area is 107 Å². The van der Waals surface area contributed by atoms with Gasteiger partial charge >= 0.3 is 12.0 Å². The van der Waals surface area contributed by atoms with E-state index in [0.29, 0.717) is 19.5 Å². The zero-order valence-electron chi connectivity index (χ0n) is 11.0. The number of rotatable bonds is 4. The second-order valence-electron chi connectivity index (χ2n) is 4.88. The van der Waals surface area contributed by atoms with Crippen molar-refractivity contribution >= 4 is 12.0 Å². The summed E-state index contributed by atoms with van der Waals surface area (Å²) in [6.07, 6.45) is 2.18. The first-order valence-corrected chi connectivity index (χ1v) is 6.34. The number of aliphatic hydroxyl groups is 1. The van der Waals surface area contributed by atoms with Crippen molar-refractivity contribution in [3.05, 3.63) is 0 Å². The topological polar surface area (TPSA) is 81.1 Å². The van der Waals surface area contributed by atoms with E-state index in [4.69, 9.17) is 5.11 Å². The van der Waals surface area contributed by atoms with Crippen LogP contribution in [0.4, 0.5) is 4.79 Å². The summed E-state index contributed by atoms with van der Waals surface area (Å²) in [6.45, 7) is 2.82. The monoisotopic (exact) mass is 258 g/mol. The molecule has 0 spiro atoms. The predicted molar refractivity (Wildman–Crippen MR) is 66.3 cm³/mol. The standard InChI is InChI=1S/C12H22N2O4/c1-9-5-3-7-14(10(9)11(16)17)12(18)13(2)6-4-8-15/h9-10,15H,3-8H2,1-2H3,(H,16,17). The van der Waals surface area contributed by atoms with Crippen molar-refractivity contribution in [1.29, 1.82) is 0 Å². The van der Waals surface area contributed by atoms with Gasteiger partial charge in [-0.2, -0.15) is 0 Å². The minimum absolute atomic E-state index is 0.0218. The van der Waals surface area contributed by atoms with Gasteiger partial charge in [-0.3, -0.25) is 0 Å². The number of nitrogens with zero attached hydrogens (tertiary/aromatic N) is 2. The number of hydrogen-bond donors (Lipinski definition) is 2. The number of urea groups is 1. The second kappa shape index (κ2) is 6.58. The van der Waals surface area contributed by atoms with E-state index in [-0.39, 0.29) is 18.6 Å². The number of carbonyl (C=O) groups is 2. The summed E-state index contributed by atoms with van der Waals surface area (Å²) in [4.78, 5) is 26.3. The van der Waals surface area contributed by atoms with Crippen LogP contribution in [0.5, 0.6) is 0 Å². The van der Waals surface area contributed by atoms with Crippen molar-refractivity contribution in [1.82, 2.24) is 9.80 Å². The van der Waals surface area contributed by atoms with Crippen LogP contribution in [-0.4, -0.2) is 64.8 Å². The van der Waals surface area contributed by atoms with Crippen LogP contribution in [0.15, 0.2) is 0 Å². The lowest BCUT2D eigenvalue weighted by Gasteiger charge is -2.39. The predicted octanol–water partition coefficient (Wildman–Crippen LogP) is 0.606. The Hall–Kier alpha value is -1.30. The van der Waals surface area contributed by atoms with Gasteiger partial charge in [0.05, 0.1) is 0 Å². The molecule has 2 atom stereocenters. The van der Waals surface area contributed by atoms with Gasteiger partial charge in [-0.1, -0.05) is 6.92 Å². The molecule has 18 heavy (non-hydrogen) atoms. The maximum Gasteiger partial charge on any atom is 0.326 e. The Morgan fingerprint density at radius 1 is 1.44 bits per heavy atom. The van der Waals surface area contributed by atoms with E-state index in [9.17, 15) is 14.7 Å². The van der Waals surface area contributed by atoms with E-state index < -0.39 is 12.0 Å². The van der Waals surface area contributed by atoms with Crippen LogP contribution in [0.25, 0.3) is 0 Å². The molecule has 6 nitrogen and oxygen atoms in total. The number of amides is 2. The number of aliphatic carboxylic acids is 1. The molecule has 0 bridgehead atoms. The smallest absolute Gasteiger partial charge is 0.326 e. The summed E-state index contributed by atoms with van der Waals surface area (Å²) < 4.78 is 0. The molecular weight excluding hydrogens is 236 g/mol. The molecule has 0 saturated carbocycles. The van der Waals surface area contributed by atoms with Gasteiger partial charge in [-0.05, 0) is 25.2 Å². The quantitative estimate of drug-likeness (QED) is 0.774. The zero-order chi connectivity index (χ0) is 13.7. The van der Waals surface area contributed by atoms with E-state index in [2.05, 4.69) is 0 Å². The third-order valence-electron chi connectivity index (χ3n) is 3.41. The van der Waals surface area contributed by atoms with Crippen molar-refractivity contribution < 1.29 is 19.8 Å². The van der Waals surface area contributed by atoms with Gasteiger partial charge in [0.2, 0.25) is 0 Å². The van der Waals surface area contributed by atoms with Crippen molar-refractivity contribution in [2.24, 2.45) is 5.92 Å². The lowest BCUT2D eigenvalue weighted by atomic mass is 9.91. The summed E-state index contributed by atoms with van der Waals surface area (Å²) in [5.41, 5.74) is 0. The molecule has 0 aromatic rings. The molecular formula is C12H22N2O4. The number of likely N-dealkylation sites (tertiary alicyclic amines) is 1. The molecule has 0 aromatic heterocycles. The fourth-order valence-electron chi connectivity index (χ4n) is 2.40. The summed E-state index contributed by atoms with van der Waals surface area (Å²) in [5.74, 6) is -0.961. The first-order chi connectivity index (χ1) is 8.49. The highest BCUT2D eigenvalue weighted by molar-refractivity contribution is 5.83. The van der Waals surface area contributed by atoms with E-state index in [0.717, 1.165) is 12.8 Å². The normalized spacial score (nSPS) is 23.8. The Morgan fingerprint density at radius 2 is 2.11 bits per heavy atom. The SMILES string of the molecule is CC1CCCN(C(=O)N(C)CCCO)C1C(=O)O. The van der Waals surface area contributed by atoms with Crippen LogP contribution in [0.1, 0.15) is 26.2 Å². The van der Waals surface area contributed by atoms with Crippen molar-refractivity contribution in [3.8, 4) is 0 Å². The minimum atomic E-state index is -0.939. The highest BCUT2D eigenvalue weighted by Gasteiger charge is 2.37. The molecule has 2 amide bonds. The molecule has 1 rings (SSSR count). The molecule has 2 unspecified atom stereocenters. The molecule has 0 aromatic carbocycles. The van der Waals surface area contributed by atoms with E-state index >= 15 is 0 Å². The number of carboxylic acids is 1. The molecule has 1 fully saturated rings. The Morgan fingerprint density at radius 3 is 2.67 bits per heavy atom. The largest absolute Gasteiger partial charge is 0.480 e. The summed E-state index contributed by atoms with van der Waals surface area (Å²) in [6, 6.07) is -0.995. The van der Waals surface area contributed by atoms with Gasteiger partial charge in [0.25, 0.3) is 0 Å². The van der Waals surface area contributed by atoms with Crippen molar-refractivity contribution in [2.75, 3.05) is 26.7 Å². The van der Waals surface area contributed by atoms with Gasteiger partial charge in [-0.25, -0.2) is 9.59 Å². The maximum atomic E-state index is 12.2. The molecule has 1 heterocycles. The molecule has 0 radical (unpaired) electrons. The highest BCUT2D eigenvalue weighted by Crippen LogP contribution is 2.24. The lowest BCUT2D eigenvalue weighted by molar-refractivity contribution is -0.145. The van der Waals surface area contributed by atoms with Crippen LogP contribution in [0, 0.1) is 5.92 Å². The van der Waals surface area contributed by atoms with Gasteiger partial charge in [0, 0.05) is 26.7 Å². The van der Waals surface area contributed by atoms with Gasteiger partial charge in [0.15, 0.2) is 0 Å². The molecule has 1 aliphatic heterocycles. The number of piperidine rings is 1. The third-order valence-corrected chi connectivity index (χ3v) is 3.41. The minimum Gasteiger partial charge on any atom is -0.480 e. The molecule has 104 valence electrons. The van der Waals surface area contributed by atoms with Crippen LogP contribution >= 0.6 is 0 Å². The Kier molecular flexibility index (Phi) is 5.40. The van der Waals surface area contributed by atoms with Crippen LogP contribution in [0.2, 0.25) is 0 Å². The highest BCUT2D eigenvalue weighted by atomic mass is 16.4. The lowest BCUT2D eigenvalue weighted by Crippen LogP contribution is -2.55. The summed E-state index contributed by atoms with van der Waals surface area (Å²) in [7, 11) is 1.64. The maximum absolute atomic E-state index is 12.2. The Bertz CT molecular complexity index is 308. The summed E-state index contributed by atoms with van der Waals surface area (Å²) >= 11 is 0. The number of hydrogen-bond acceptors (Lipinski definition) is 3. The molecule has 2 N–H and O–H groups in total. The van der Waals surface area contributed by atoms with Gasteiger partial charge in [0.1, 0.15) is 6.04 Å². The fraction of sp³-hybridized carbons (Fsp3) is 0.833. The fourth-order valence-corrected chi connectivity index (χ4v) is 2.40. The van der Waals surface area contributed by atoms with Gasteiger partial charge < -0.3 is 20.0 Å². The second-order valence-corrected chi connectivity index (χ2v) is 4.88. The number of carbonyl (C=O) groups excluding carboxylic acids is 1. The van der Waals surface area contributed by atoms with Crippen LogP contribution < -0.4 is 0 Å².